The van der Waals surface area contributed by atoms with Gasteiger partial charge in [-0.15, -0.1) is 0 Å². The summed E-state index contributed by atoms with van der Waals surface area (Å²) in [6.07, 6.45) is 4.38. The number of benzene rings is 1. The number of hydrogen-bond acceptors (Lipinski definition) is 3. The Kier molecular flexibility index (Phi) is 5.22. The van der Waals surface area contributed by atoms with Crippen molar-refractivity contribution in [1.82, 2.24) is 5.32 Å². The maximum atomic E-state index is 11.9. The number of amides is 2. The molecule has 2 saturated heterocycles. The quantitative estimate of drug-likeness (QED) is 0.864. The Morgan fingerprint density at radius 1 is 1.08 bits per heavy atom. The van der Waals surface area contributed by atoms with Gasteiger partial charge in [-0.2, -0.15) is 0 Å². The highest BCUT2D eigenvalue weighted by molar-refractivity contribution is 5.98. The highest BCUT2D eigenvalue weighted by Crippen LogP contribution is 2.28. The molecule has 2 heterocycles. The van der Waals surface area contributed by atoms with E-state index in [0.717, 1.165) is 31.3 Å². The zero-order valence-corrected chi connectivity index (χ0v) is 14.8. The van der Waals surface area contributed by atoms with E-state index in [1.807, 2.05) is 0 Å². The van der Waals surface area contributed by atoms with Crippen molar-refractivity contribution in [3.05, 3.63) is 29.8 Å². The first kappa shape index (κ1) is 17.0. The summed E-state index contributed by atoms with van der Waals surface area (Å²) >= 11 is 0. The van der Waals surface area contributed by atoms with Crippen LogP contribution in [-0.4, -0.2) is 24.9 Å². The summed E-state index contributed by atoms with van der Waals surface area (Å²) in [5.41, 5.74) is 2.45. The molecule has 1 N–H and O–H groups in total. The smallest absolute Gasteiger partial charge is 0.230 e. The van der Waals surface area contributed by atoms with Gasteiger partial charge < -0.3 is 4.90 Å². The van der Waals surface area contributed by atoms with Crippen molar-refractivity contribution in [3.63, 3.8) is 0 Å². The third kappa shape index (κ3) is 3.97. The van der Waals surface area contributed by atoms with Gasteiger partial charge in [0.05, 0.1) is 0 Å². The SMILES string of the molecule is CC(C)C1CCN(c2ccc(CC3CCC(=O)NC3=O)cc2)CC1. The zero-order valence-electron chi connectivity index (χ0n) is 14.8. The Hall–Kier alpha value is -1.84. The van der Waals surface area contributed by atoms with Crippen molar-refractivity contribution >= 4 is 17.5 Å². The topological polar surface area (TPSA) is 49.4 Å². The van der Waals surface area contributed by atoms with E-state index >= 15 is 0 Å². The minimum atomic E-state index is -0.142. The fourth-order valence-electron chi connectivity index (χ4n) is 3.88. The molecule has 1 aromatic rings. The second kappa shape index (κ2) is 7.37. The summed E-state index contributed by atoms with van der Waals surface area (Å²) in [5, 5.41) is 2.44. The number of hydrogen-bond donors (Lipinski definition) is 1. The zero-order chi connectivity index (χ0) is 17.1. The monoisotopic (exact) mass is 328 g/mol. The number of nitrogens with one attached hydrogen (secondary N) is 1. The average Bonchev–Trinajstić information content (AvgIpc) is 2.58. The van der Waals surface area contributed by atoms with Gasteiger partial charge in [0.1, 0.15) is 0 Å². The molecule has 24 heavy (non-hydrogen) atoms. The number of imide groups is 1. The van der Waals surface area contributed by atoms with Crippen LogP contribution < -0.4 is 10.2 Å². The van der Waals surface area contributed by atoms with Crippen LogP contribution in [0.15, 0.2) is 24.3 Å². The molecule has 2 amide bonds. The Balaban J connectivity index is 1.56. The molecule has 0 radical (unpaired) electrons. The van der Waals surface area contributed by atoms with Gasteiger partial charge in [0.2, 0.25) is 11.8 Å². The lowest BCUT2D eigenvalue weighted by Gasteiger charge is -2.35. The van der Waals surface area contributed by atoms with Crippen molar-refractivity contribution in [2.45, 2.75) is 46.0 Å². The molecule has 2 aliphatic heterocycles. The summed E-state index contributed by atoms with van der Waals surface area (Å²) in [6, 6.07) is 8.62. The third-order valence-corrected chi connectivity index (χ3v) is 5.62. The third-order valence-electron chi connectivity index (χ3n) is 5.62. The number of piperidine rings is 2. The molecule has 3 rings (SSSR count). The Morgan fingerprint density at radius 3 is 2.33 bits per heavy atom. The van der Waals surface area contributed by atoms with Gasteiger partial charge in [0.15, 0.2) is 0 Å². The highest BCUT2D eigenvalue weighted by atomic mass is 16.2. The van der Waals surface area contributed by atoms with Crippen molar-refractivity contribution in [2.75, 3.05) is 18.0 Å². The molecule has 130 valence electrons. The normalized spacial score (nSPS) is 22.8. The molecular weight excluding hydrogens is 300 g/mol. The second-order valence-corrected chi connectivity index (χ2v) is 7.59. The van der Waals surface area contributed by atoms with Crippen molar-refractivity contribution in [1.29, 1.82) is 0 Å². The molecule has 2 fully saturated rings. The van der Waals surface area contributed by atoms with Gasteiger partial charge in [-0.3, -0.25) is 14.9 Å². The second-order valence-electron chi connectivity index (χ2n) is 7.59. The van der Waals surface area contributed by atoms with Crippen molar-refractivity contribution in [3.8, 4) is 0 Å². The molecule has 1 atom stereocenters. The number of nitrogens with zero attached hydrogens (tertiary/aromatic N) is 1. The Morgan fingerprint density at radius 2 is 1.75 bits per heavy atom. The summed E-state index contributed by atoms with van der Waals surface area (Å²) in [6.45, 7) is 6.92. The molecule has 4 heteroatoms. The average molecular weight is 328 g/mol. The lowest BCUT2D eigenvalue weighted by molar-refractivity contribution is -0.136. The molecule has 0 saturated carbocycles. The molecule has 2 aliphatic rings. The van der Waals surface area contributed by atoms with E-state index < -0.39 is 0 Å². The van der Waals surface area contributed by atoms with Crippen LogP contribution in [0.5, 0.6) is 0 Å². The highest BCUT2D eigenvalue weighted by Gasteiger charge is 2.26. The molecule has 0 aromatic heterocycles. The van der Waals surface area contributed by atoms with E-state index in [1.165, 1.54) is 24.1 Å². The van der Waals surface area contributed by atoms with E-state index in [-0.39, 0.29) is 17.7 Å². The first-order valence-electron chi connectivity index (χ1n) is 9.20. The van der Waals surface area contributed by atoms with Crippen molar-refractivity contribution in [2.24, 2.45) is 17.8 Å². The van der Waals surface area contributed by atoms with Crippen LogP contribution in [0.2, 0.25) is 0 Å². The van der Waals surface area contributed by atoms with Gasteiger partial charge in [-0.25, -0.2) is 0 Å². The van der Waals surface area contributed by atoms with E-state index in [2.05, 4.69) is 48.3 Å². The molecule has 4 nitrogen and oxygen atoms in total. The fourth-order valence-corrected chi connectivity index (χ4v) is 3.88. The van der Waals surface area contributed by atoms with E-state index in [9.17, 15) is 9.59 Å². The van der Waals surface area contributed by atoms with Crippen LogP contribution in [0.25, 0.3) is 0 Å². The van der Waals surface area contributed by atoms with Gasteiger partial charge in [-0.1, -0.05) is 26.0 Å². The molecule has 0 bridgehead atoms. The molecule has 1 aromatic carbocycles. The standard InChI is InChI=1S/C20H28N2O2/c1-14(2)16-9-11-22(12-10-16)18-6-3-15(4-7-18)13-17-5-8-19(23)21-20(17)24/h3-4,6-7,14,16-17H,5,8-13H2,1-2H3,(H,21,23,24). The minimum Gasteiger partial charge on any atom is -0.372 e. The first-order chi connectivity index (χ1) is 11.5. The van der Waals surface area contributed by atoms with Gasteiger partial charge in [-0.05, 0) is 55.2 Å². The van der Waals surface area contributed by atoms with E-state index in [0.29, 0.717) is 12.8 Å². The largest absolute Gasteiger partial charge is 0.372 e. The number of anilines is 1. The minimum absolute atomic E-state index is 0.0738. The predicted molar refractivity (Wildman–Crippen MR) is 95.8 cm³/mol. The summed E-state index contributed by atoms with van der Waals surface area (Å²) in [7, 11) is 0. The number of carbonyl (C=O) groups is 2. The van der Waals surface area contributed by atoms with Crippen LogP contribution in [0, 0.1) is 17.8 Å². The molecule has 1 unspecified atom stereocenters. The Bertz CT molecular complexity index is 586. The van der Waals surface area contributed by atoms with E-state index in [4.69, 9.17) is 0 Å². The number of rotatable bonds is 4. The van der Waals surface area contributed by atoms with Crippen LogP contribution in [-0.2, 0) is 16.0 Å². The van der Waals surface area contributed by atoms with Gasteiger partial charge in [0, 0.05) is 31.1 Å². The summed E-state index contributed by atoms with van der Waals surface area (Å²) in [5.74, 6) is 1.30. The number of carbonyl (C=O) groups excluding carboxylic acids is 2. The first-order valence-corrected chi connectivity index (χ1v) is 9.20. The lowest BCUT2D eigenvalue weighted by atomic mass is 9.86. The Labute approximate surface area is 144 Å². The maximum Gasteiger partial charge on any atom is 0.230 e. The summed E-state index contributed by atoms with van der Waals surface area (Å²) in [4.78, 5) is 25.6. The van der Waals surface area contributed by atoms with Gasteiger partial charge >= 0.3 is 0 Å². The lowest BCUT2D eigenvalue weighted by Crippen LogP contribution is -2.41. The van der Waals surface area contributed by atoms with Crippen molar-refractivity contribution < 1.29 is 9.59 Å². The van der Waals surface area contributed by atoms with Crippen LogP contribution in [0.4, 0.5) is 5.69 Å². The maximum absolute atomic E-state index is 11.9. The van der Waals surface area contributed by atoms with E-state index in [1.54, 1.807) is 0 Å². The van der Waals surface area contributed by atoms with Crippen LogP contribution in [0.3, 0.4) is 0 Å². The molecule has 0 spiro atoms. The summed E-state index contributed by atoms with van der Waals surface area (Å²) < 4.78 is 0. The predicted octanol–water partition coefficient (Wildman–Crippen LogP) is 3.15. The fraction of sp³-hybridized carbons (Fsp3) is 0.600. The molecular formula is C20H28N2O2. The van der Waals surface area contributed by atoms with Crippen LogP contribution in [0.1, 0.15) is 45.1 Å². The van der Waals surface area contributed by atoms with Gasteiger partial charge in [0.25, 0.3) is 0 Å². The van der Waals surface area contributed by atoms with Crippen LogP contribution >= 0.6 is 0 Å². The molecule has 0 aliphatic carbocycles.